The smallest absolute Gasteiger partial charge is 0.233 e. The number of carbonyl (C=O) groups is 4. The third-order valence-electron chi connectivity index (χ3n) is 5.06. The van der Waals surface area contributed by atoms with Gasteiger partial charge in [0.2, 0.25) is 23.6 Å². The number of amides is 4. The van der Waals surface area contributed by atoms with Gasteiger partial charge in [0.05, 0.1) is 22.5 Å². The number of imide groups is 1. The zero-order chi connectivity index (χ0) is 19.6. The lowest BCUT2D eigenvalue weighted by atomic mass is 9.81. The largest absolute Gasteiger partial charge is 0.326 e. The highest BCUT2D eigenvalue weighted by atomic mass is 35.5. The molecule has 0 bridgehead atoms. The van der Waals surface area contributed by atoms with E-state index in [1.54, 1.807) is 12.1 Å². The Kier molecular flexibility index (Phi) is 5.79. The van der Waals surface area contributed by atoms with Crippen LogP contribution < -0.4 is 10.6 Å². The monoisotopic (exact) mass is 391 g/mol. The number of rotatable bonds is 5. The van der Waals surface area contributed by atoms with Gasteiger partial charge in [-0.2, -0.15) is 0 Å². The van der Waals surface area contributed by atoms with Gasteiger partial charge in [-0.25, -0.2) is 0 Å². The molecular weight excluding hydrogens is 370 g/mol. The molecule has 1 aromatic rings. The number of fused-ring (bicyclic) bond motifs is 1. The van der Waals surface area contributed by atoms with E-state index in [-0.39, 0.29) is 48.4 Å². The molecular formula is C19H22ClN3O4. The van der Waals surface area contributed by atoms with Gasteiger partial charge in [0.15, 0.2) is 0 Å². The van der Waals surface area contributed by atoms with Crippen LogP contribution >= 0.6 is 11.6 Å². The molecule has 0 aromatic heterocycles. The van der Waals surface area contributed by atoms with Crippen molar-refractivity contribution in [2.45, 2.75) is 39.0 Å². The quantitative estimate of drug-likeness (QED) is 0.754. The molecule has 2 fully saturated rings. The van der Waals surface area contributed by atoms with Crippen LogP contribution in [0.2, 0.25) is 5.02 Å². The number of hydrogen-bond acceptors (Lipinski definition) is 4. The molecule has 2 N–H and O–H groups in total. The van der Waals surface area contributed by atoms with E-state index in [0.29, 0.717) is 16.4 Å². The van der Waals surface area contributed by atoms with Gasteiger partial charge >= 0.3 is 0 Å². The fourth-order valence-electron chi connectivity index (χ4n) is 3.77. The molecule has 2 atom stereocenters. The molecule has 27 heavy (non-hydrogen) atoms. The Morgan fingerprint density at radius 1 is 1.11 bits per heavy atom. The average molecular weight is 392 g/mol. The minimum absolute atomic E-state index is 0.0297. The second-order valence-electron chi connectivity index (χ2n) is 7.00. The highest BCUT2D eigenvalue weighted by molar-refractivity contribution is 6.34. The van der Waals surface area contributed by atoms with Gasteiger partial charge in [0.25, 0.3) is 0 Å². The number of likely N-dealkylation sites (tertiary alicyclic amines) is 1. The number of benzene rings is 1. The van der Waals surface area contributed by atoms with E-state index in [1.165, 1.54) is 17.9 Å². The van der Waals surface area contributed by atoms with Crippen LogP contribution in [-0.4, -0.2) is 35.1 Å². The third-order valence-corrected chi connectivity index (χ3v) is 5.37. The molecule has 1 aliphatic heterocycles. The van der Waals surface area contributed by atoms with E-state index in [1.807, 2.05) is 0 Å². The van der Waals surface area contributed by atoms with E-state index in [9.17, 15) is 19.2 Å². The molecule has 2 aliphatic rings. The number of hydrogen-bond donors (Lipinski definition) is 2. The lowest BCUT2D eigenvalue weighted by Gasteiger charge is -2.19. The van der Waals surface area contributed by atoms with Gasteiger partial charge in [0, 0.05) is 25.6 Å². The highest BCUT2D eigenvalue weighted by Gasteiger charge is 2.47. The second-order valence-corrected chi connectivity index (χ2v) is 7.41. The third kappa shape index (κ3) is 4.30. The van der Waals surface area contributed by atoms with E-state index in [4.69, 9.17) is 11.6 Å². The summed E-state index contributed by atoms with van der Waals surface area (Å²) in [5.41, 5.74) is 0.935. The SMILES string of the molecule is CC(=O)Nc1ccc(NC(=O)CCN2C(=O)C3CCCCC3C2=O)cc1Cl. The van der Waals surface area contributed by atoms with Gasteiger partial charge in [-0.15, -0.1) is 0 Å². The van der Waals surface area contributed by atoms with Crippen molar-refractivity contribution >= 4 is 46.6 Å². The van der Waals surface area contributed by atoms with E-state index in [2.05, 4.69) is 10.6 Å². The summed E-state index contributed by atoms with van der Waals surface area (Å²) in [5, 5.41) is 5.58. The Hall–Kier alpha value is -2.41. The Morgan fingerprint density at radius 2 is 1.74 bits per heavy atom. The van der Waals surface area contributed by atoms with Crippen molar-refractivity contribution in [1.82, 2.24) is 4.90 Å². The fraction of sp³-hybridized carbons (Fsp3) is 0.474. The summed E-state index contributed by atoms with van der Waals surface area (Å²) in [7, 11) is 0. The second kappa shape index (κ2) is 8.08. The zero-order valence-electron chi connectivity index (χ0n) is 15.1. The van der Waals surface area contributed by atoms with Gasteiger partial charge in [-0.05, 0) is 31.0 Å². The molecule has 7 nitrogen and oxygen atoms in total. The molecule has 1 aromatic carbocycles. The highest BCUT2D eigenvalue weighted by Crippen LogP contribution is 2.38. The van der Waals surface area contributed by atoms with Crippen LogP contribution in [0.25, 0.3) is 0 Å². The summed E-state index contributed by atoms with van der Waals surface area (Å²) < 4.78 is 0. The van der Waals surface area contributed by atoms with Crippen LogP contribution in [0, 0.1) is 11.8 Å². The Balaban J connectivity index is 1.55. The van der Waals surface area contributed by atoms with Crippen molar-refractivity contribution in [3.05, 3.63) is 23.2 Å². The number of halogens is 1. The number of nitrogens with zero attached hydrogens (tertiary/aromatic N) is 1. The lowest BCUT2D eigenvalue weighted by Crippen LogP contribution is -2.34. The number of nitrogens with one attached hydrogen (secondary N) is 2. The topological polar surface area (TPSA) is 95.6 Å². The molecule has 1 aliphatic carbocycles. The summed E-state index contributed by atoms with van der Waals surface area (Å²) in [5.74, 6) is -1.23. The lowest BCUT2D eigenvalue weighted by molar-refractivity contribution is -0.140. The minimum Gasteiger partial charge on any atom is -0.326 e. The zero-order valence-corrected chi connectivity index (χ0v) is 15.8. The van der Waals surface area contributed by atoms with E-state index in [0.717, 1.165) is 25.7 Å². The van der Waals surface area contributed by atoms with Crippen molar-refractivity contribution in [2.24, 2.45) is 11.8 Å². The van der Waals surface area contributed by atoms with Crippen LogP contribution in [0.15, 0.2) is 18.2 Å². The fourth-order valence-corrected chi connectivity index (χ4v) is 4.00. The predicted octanol–water partition coefficient (Wildman–Crippen LogP) is 2.80. The Bertz CT molecular complexity index is 771. The molecule has 3 rings (SSSR count). The molecule has 1 saturated heterocycles. The van der Waals surface area contributed by atoms with E-state index < -0.39 is 0 Å². The van der Waals surface area contributed by atoms with Gasteiger partial charge in [-0.1, -0.05) is 24.4 Å². The normalized spacial score (nSPS) is 21.8. The maximum absolute atomic E-state index is 12.4. The molecule has 4 amide bonds. The van der Waals surface area contributed by atoms with Crippen molar-refractivity contribution in [3.63, 3.8) is 0 Å². The van der Waals surface area contributed by atoms with Crippen LogP contribution in [0.1, 0.15) is 39.0 Å². The van der Waals surface area contributed by atoms with Crippen LogP contribution in [0.4, 0.5) is 11.4 Å². The molecule has 2 unspecified atom stereocenters. The molecule has 144 valence electrons. The van der Waals surface area contributed by atoms with Crippen molar-refractivity contribution in [1.29, 1.82) is 0 Å². The van der Waals surface area contributed by atoms with Gasteiger partial charge in [-0.3, -0.25) is 24.1 Å². The van der Waals surface area contributed by atoms with Crippen LogP contribution in [0.3, 0.4) is 0 Å². The maximum atomic E-state index is 12.4. The first-order chi connectivity index (χ1) is 12.9. The molecule has 1 saturated carbocycles. The number of carbonyl (C=O) groups excluding carboxylic acids is 4. The first-order valence-corrected chi connectivity index (χ1v) is 9.47. The summed E-state index contributed by atoms with van der Waals surface area (Å²) in [6, 6.07) is 4.75. The predicted molar refractivity (Wildman–Crippen MR) is 101 cm³/mol. The summed E-state index contributed by atoms with van der Waals surface area (Å²) in [6.45, 7) is 1.47. The van der Waals surface area contributed by atoms with Crippen molar-refractivity contribution in [2.75, 3.05) is 17.2 Å². The van der Waals surface area contributed by atoms with E-state index >= 15 is 0 Å². The molecule has 8 heteroatoms. The van der Waals surface area contributed by atoms with Gasteiger partial charge in [0.1, 0.15) is 0 Å². The first-order valence-electron chi connectivity index (χ1n) is 9.09. The van der Waals surface area contributed by atoms with Crippen molar-refractivity contribution in [3.8, 4) is 0 Å². The molecule has 1 heterocycles. The minimum atomic E-state index is -0.311. The molecule has 0 spiro atoms. The Labute approximate surface area is 162 Å². The number of anilines is 2. The Morgan fingerprint density at radius 3 is 2.30 bits per heavy atom. The molecule has 0 radical (unpaired) electrons. The summed E-state index contributed by atoms with van der Waals surface area (Å²) >= 11 is 6.08. The van der Waals surface area contributed by atoms with Crippen LogP contribution in [0.5, 0.6) is 0 Å². The van der Waals surface area contributed by atoms with Crippen molar-refractivity contribution < 1.29 is 19.2 Å². The summed E-state index contributed by atoms with van der Waals surface area (Å²) in [4.78, 5) is 49.4. The van der Waals surface area contributed by atoms with Gasteiger partial charge < -0.3 is 10.6 Å². The maximum Gasteiger partial charge on any atom is 0.233 e. The summed E-state index contributed by atoms with van der Waals surface area (Å²) in [6.07, 6.45) is 3.50. The van der Waals surface area contributed by atoms with Crippen LogP contribution in [-0.2, 0) is 19.2 Å². The average Bonchev–Trinajstić information content (AvgIpc) is 2.86. The standard InChI is InChI=1S/C19H22ClN3O4/c1-11(24)21-16-7-6-12(10-15(16)20)22-17(25)8-9-23-18(26)13-4-2-3-5-14(13)19(23)27/h6-7,10,13-14H,2-5,8-9H2,1H3,(H,21,24)(H,22,25). The first kappa shape index (κ1) is 19.4.